The van der Waals surface area contributed by atoms with E-state index in [0.29, 0.717) is 25.0 Å². The van der Waals surface area contributed by atoms with E-state index >= 15 is 0 Å². The number of carboxylic acids is 2. The second-order valence-electron chi connectivity index (χ2n) is 16.6. The van der Waals surface area contributed by atoms with Crippen LogP contribution in [0, 0.1) is 0 Å². The quantitative estimate of drug-likeness (QED) is 0.0417. The van der Waals surface area contributed by atoms with E-state index in [9.17, 15) is 53.7 Å². The standard InChI is InChI=1S/C44H77N9O11/c1-3-4-5-6-7-8-9-10-11-12-13-14-15-19-39(58)52-35(44(63)64)21-23-40(59)53-34(43(61)62)20-22-38(57)48-24-17-16-18-33(37(56)28-50-41(30(2)54)42(46)60)49-27-36(55)32(45)25-31-26-47-29-51-31/h26,29-30,32-35,41,49-50,54H,3-25,27-28,45H2,1-2H3,(H2,46,60)(H,47,51)(H,48,57)(H,52,58)(H,53,59)(H,61,62)(H,63,64)/t30-,32+,33+,34?,35?,41+/m1/s1. The average Bonchev–Trinajstić information content (AvgIpc) is 3.76. The zero-order valence-electron chi connectivity index (χ0n) is 38.0. The molecule has 1 rings (SSSR count). The second kappa shape index (κ2) is 34.6. The van der Waals surface area contributed by atoms with Gasteiger partial charge in [0.25, 0.3) is 0 Å². The first-order chi connectivity index (χ1) is 30.5. The topological polar surface area (TPSA) is 338 Å². The molecule has 4 amide bonds. The van der Waals surface area contributed by atoms with Crippen molar-refractivity contribution >= 4 is 47.1 Å². The van der Waals surface area contributed by atoms with Crippen LogP contribution < -0.4 is 38.1 Å². The number of nitrogens with one attached hydrogen (secondary N) is 6. The van der Waals surface area contributed by atoms with Gasteiger partial charge in [0, 0.05) is 44.1 Å². The van der Waals surface area contributed by atoms with Gasteiger partial charge in [0.2, 0.25) is 23.6 Å². The summed E-state index contributed by atoms with van der Waals surface area (Å²) in [6, 6.07) is -5.64. The number of carbonyl (C=O) groups excluding carboxylic acids is 6. The molecule has 1 aromatic rings. The summed E-state index contributed by atoms with van der Waals surface area (Å²) in [6.45, 7) is 3.17. The molecule has 0 bridgehead atoms. The Morgan fingerprint density at radius 3 is 1.67 bits per heavy atom. The molecule has 0 spiro atoms. The van der Waals surface area contributed by atoms with Gasteiger partial charge in [-0.05, 0) is 45.4 Å². The SMILES string of the molecule is CCCCCCCCCCCCCCCC(=O)NC(CCC(=O)NC(CCC(=O)NCCCC[C@H](NCC(=O)[C@@H](N)Cc1cnc[nH]1)C(=O)CN[C@H](C(N)=O)[C@@H](C)O)C(=O)O)C(=O)O. The van der Waals surface area contributed by atoms with E-state index in [1.807, 2.05) is 0 Å². The summed E-state index contributed by atoms with van der Waals surface area (Å²) in [7, 11) is 0. The molecule has 6 atom stereocenters. The first-order valence-electron chi connectivity index (χ1n) is 23.1. The maximum atomic E-state index is 13.1. The van der Waals surface area contributed by atoms with Crippen molar-refractivity contribution in [1.29, 1.82) is 0 Å². The van der Waals surface area contributed by atoms with Crippen molar-refractivity contribution in [1.82, 2.24) is 36.6 Å². The van der Waals surface area contributed by atoms with Crippen molar-refractivity contribution in [3.63, 3.8) is 0 Å². The molecule has 0 aliphatic carbocycles. The second-order valence-corrected chi connectivity index (χ2v) is 16.6. The zero-order valence-corrected chi connectivity index (χ0v) is 38.0. The molecule has 0 fully saturated rings. The first kappa shape index (κ1) is 57.2. The molecule has 0 aliphatic heterocycles. The number of nitrogens with two attached hydrogens (primary N) is 2. The molecule has 364 valence electrons. The number of aromatic nitrogens is 2. The molecular formula is C44H77N9O11. The summed E-state index contributed by atoms with van der Waals surface area (Å²) in [5.74, 6) is -5.95. The molecule has 1 aromatic heterocycles. The number of aliphatic hydroxyl groups excluding tert-OH is 1. The molecule has 64 heavy (non-hydrogen) atoms. The van der Waals surface area contributed by atoms with Gasteiger partial charge in [-0.2, -0.15) is 0 Å². The fourth-order valence-electron chi connectivity index (χ4n) is 7.01. The number of ketones is 2. The lowest BCUT2D eigenvalue weighted by Crippen LogP contribution is -2.53. The number of Topliss-reactive ketones (excluding diaryl/α,β-unsaturated/α-hetero) is 2. The van der Waals surface area contributed by atoms with Gasteiger partial charge in [0.1, 0.15) is 18.1 Å². The molecule has 0 aromatic carbocycles. The van der Waals surface area contributed by atoms with Crippen LogP contribution in [-0.4, -0.2) is 128 Å². The summed E-state index contributed by atoms with van der Waals surface area (Å²) in [5.41, 5.74) is 12.0. The van der Waals surface area contributed by atoms with Gasteiger partial charge in [-0.15, -0.1) is 0 Å². The minimum absolute atomic E-state index is 0.170. The third kappa shape index (κ3) is 27.4. The van der Waals surface area contributed by atoms with Gasteiger partial charge in [-0.3, -0.25) is 34.1 Å². The van der Waals surface area contributed by atoms with Crippen molar-refractivity contribution in [2.24, 2.45) is 11.5 Å². The summed E-state index contributed by atoms with van der Waals surface area (Å²) < 4.78 is 0. The monoisotopic (exact) mass is 908 g/mol. The van der Waals surface area contributed by atoms with Crippen LogP contribution in [0.25, 0.3) is 0 Å². The Hall–Kier alpha value is -4.79. The number of rotatable bonds is 41. The number of hydrogen-bond acceptors (Lipinski definition) is 13. The number of aromatic amines is 1. The smallest absolute Gasteiger partial charge is 0.326 e. The maximum Gasteiger partial charge on any atom is 0.326 e. The fourth-order valence-corrected chi connectivity index (χ4v) is 7.01. The minimum atomic E-state index is -1.42. The Labute approximate surface area is 377 Å². The molecule has 20 nitrogen and oxygen atoms in total. The largest absolute Gasteiger partial charge is 0.480 e. The van der Waals surface area contributed by atoms with E-state index in [0.717, 1.165) is 19.3 Å². The molecule has 20 heteroatoms. The lowest BCUT2D eigenvalue weighted by atomic mass is 10.0. The first-order valence-corrected chi connectivity index (χ1v) is 23.1. The molecule has 13 N–H and O–H groups in total. The molecule has 0 radical (unpaired) electrons. The van der Waals surface area contributed by atoms with Crippen LogP contribution in [0.3, 0.4) is 0 Å². The zero-order chi connectivity index (χ0) is 47.7. The molecule has 0 saturated carbocycles. The highest BCUT2D eigenvalue weighted by atomic mass is 16.4. The van der Waals surface area contributed by atoms with Crippen molar-refractivity contribution in [3.05, 3.63) is 18.2 Å². The minimum Gasteiger partial charge on any atom is -0.480 e. The van der Waals surface area contributed by atoms with E-state index in [1.54, 1.807) is 6.20 Å². The van der Waals surface area contributed by atoms with E-state index in [1.165, 1.54) is 71.0 Å². The lowest BCUT2D eigenvalue weighted by Gasteiger charge is -2.22. The number of carbonyl (C=O) groups is 8. The number of carboxylic acid groups (broad SMARTS) is 2. The Kier molecular flexibility index (Phi) is 30.9. The van der Waals surface area contributed by atoms with Gasteiger partial charge in [-0.1, -0.05) is 84.0 Å². The van der Waals surface area contributed by atoms with E-state index < -0.39 is 77.7 Å². The summed E-state index contributed by atoms with van der Waals surface area (Å²) >= 11 is 0. The average molecular weight is 908 g/mol. The Bertz CT molecular complexity index is 1540. The Morgan fingerprint density at radius 2 is 1.17 bits per heavy atom. The molecule has 0 aliphatic rings. The molecule has 0 saturated heterocycles. The number of aliphatic carboxylic acids is 2. The number of hydrogen-bond donors (Lipinski definition) is 11. The Morgan fingerprint density at radius 1 is 0.656 bits per heavy atom. The highest BCUT2D eigenvalue weighted by molar-refractivity contribution is 5.90. The van der Waals surface area contributed by atoms with Crippen LogP contribution in [0.5, 0.6) is 0 Å². The van der Waals surface area contributed by atoms with Gasteiger partial charge in [0.05, 0.1) is 37.6 Å². The molecule has 2 unspecified atom stereocenters. The van der Waals surface area contributed by atoms with E-state index in [4.69, 9.17) is 11.5 Å². The van der Waals surface area contributed by atoms with Gasteiger partial charge >= 0.3 is 11.9 Å². The highest BCUT2D eigenvalue weighted by Crippen LogP contribution is 2.13. The Balaban J connectivity index is 2.46. The van der Waals surface area contributed by atoms with Gasteiger partial charge in [0.15, 0.2) is 11.6 Å². The van der Waals surface area contributed by atoms with Crippen LogP contribution >= 0.6 is 0 Å². The predicted octanol–water partition coefficient (Wildman–Crippen LogP) is 1.67. The fraction of sp³-hybridized carbons (Fsp3) is 0.750. The van der Waals surface area contributed by atoms with Crippen LogP contribution in [-0.2, 0) is 44.8 Å². The molecular weight excluding hydrogens is 831 g/mol. The number of unbranched alkanes of at least 4 members (excludes halogenated alkanes) is 13. The summed E-state index contributed by atoms with van der Waals surface area (Å²) in [5, 5.41) is 42.1. The number of imidazole rings is 1. The van der Waals surface area contributed by atoms with Crippen molar-refractivity contribution in [3.8, 4) is 0 Å². The third-order valence-corrected chi connectivity index (χ3v) is 10.9. The summed E-state index contributed by atoms with van der Waals surface area (Å²) in [4.78, 5) is 106. The van der Waals surface area contributed by atoms with Crippen molar-refractivity contribution < 1.29 is 53.7 Å². The van der Waals surface area contributed by atoms with Gasteiger partial charge < -0.3 is 53.0 Å². The number of nitrogens with zero attached hydrogens (tertiary/aromatic N) is 1. The van der Waals surface area contributed by atoms with Crippen LogP contribution in [0.15, 0.2) is 12.5 Å². The van der Waals surface area contributed by atoms with Crippen LogP contribution in [0.1, 0.15) is 154 Å². The predicted molar refractivity (Wildman–Crippen MR) is 240 cm³/mol. The molecule has 1 heterocycles. The number of aliphatic hydroxyl groups is 1. The van der Waals surface area contributed by atoms with Crippen molar-refractivity contribution in [2.75, 3.05) is 19.6 Å². The van der Waals surface area contributed by atoms with Gasteiger partial charge in [-0.25, -0.2) is 14.6 Å². The lowest BCUT2D eigenvalue weighted by molar-refractivity contribution is -0.143. The maximum absolute atomic E-state index is 13.1. The number of H-pyrrole nitrogens is 1. The number of primary amides is 1. The summed E-state index contributed by atoms with van der Waals surface area (Å²) in [6.07, 6.45) is 17.2. The van der Waals surface area contributed by atoms with Crippen LogP contribution in [0.2, 0.25) is 0 Å². The van der Waals surface area contributed by atoms with E-state index in [-0.39, 0.29) is 70.4 Å². The highest BCUT2D eigenvalue weighted by Gasteiger charge is 2.27. The normalized spacial score (nSPS) is 14.1. The van der Waals surface area contributed by atoms with E-state index in [2.05, 4.69) is 43.5 Å². The van der Waals surface area contributed by atoms with Crippen LogP contribution in [0.4, 0.5) is 0 Å². The number of amides is 4. The van der Waals surface area contributed by atoms with Crippen molar-refractivity contribution in [2.45, 2.75) is 191 Å². The third-order valence-electron chi connectivity index (χ3n) is 10.9.